The van der Waals surface area contributed by atoms with Crippen molar-refractivity contribution in [3.63, 3.8) is 0 Å². The van der Waals surface area contributed by atoms with Crippen molar-refractivity contribution in [3.8, 4) is 5.88 Å². The molecule has 0 N–H and O–H groups in total. The van der Waals surface area contributed by atoms with E-state index in [9.17, 15) is 0 Å². The van der Waals surface area contributed by atoms with Crippen LogP contribution in [0.3, 0.4) is 0 Å². The summed E-state index contributed by atoms with van der Waals surface area (Å²) in [6.45, 7) is 0. The maximum absolute atomic E-state index is 5.04. The molecular formula is C10H14N2O. The molecule has 1 heterocycles. The van der Waals surface area contributed by atoms with E-state index in [1.54, 1.807) is 19.4 Å². The average molecular weight is 178 g/mol. The van der Waals surface area contributed by atoms with Gasteiger partial charge in [0.25, 0.3) is 0 Å². The third kappa shape index (κ3) is 1.97. The van der Waals surface area contributed by atoms with Gasteiger partial charge in [0, 0.05) is 18.7 Å². The number of methoxy groups -OCH3 is 1. The van der Waals surface area contributed by atoms with Crippen molar-refractivity contribution >= 4 is 0 Å². The van der Waals surface area contributed by atoms with Gasteiger partial charge in [-0.05, 0) is 5.92 Å². The fourth-order valence-corrected chi connectivity index (χ4v) is 1.55. The Kier molecular flexibility index (Phi) is 2.43. The predicted molar refractivity (Wildman–Crippen MR) is 49.6 cm³/mol. The molecule has 3 heteroatoms. The number of hydrogen-bond donors (Lipinski definition) is 0. The summed E-state index contributed by atoms with van der Waals surface area (Å²) in [5.74, 6) is 2.40. The van der Waals surface area contributed by atoms with E-state index in [1.807, 2.05) is 0 Å². The van der Waals surface area contributed by atoms with Crippen molar-refractivity contribution in [1.29, 1.82) is 0 Å². The number of hydrogen-bond acceptors (Lipinski definition) is 3. The minimum absolute atomic E-state index is 0.671. The highest BCUT2D eigenvalue weighted by molar-refractivity contribution is 5.08. The van der Waals surface area contributed by atoms with Crippen molar-refractivity contribution in [2.24, 2.45) is 5.92 Å². The standard InChI is InChI=1S/C10H14N2O/c1-13-10-5-6-11-9(12-10)7-8-3-2-4-8/h5-6,8H,2-4,7H2,1H3. The van der Waals surface area contributed by atoms with Crippen LogP contribution in [0.15, 0.2) is 12.3 Å². The molecule has 1 aliphatic rings. The van der Waals surface area contributed by atoms with Crippen molar-refractivity contribution in [2.45, 2.75) is 25.7 Å². The van der Waals surface area contributed by atoms with Crippen LogP contribution in [0.5, 0.6) is 5.88 Å². The number of nitrogens with zero attached hydrogens (tertiary/aromatic N) is 2. The van der Waals surface area contributed by atoms with Gasteiger partial charge in [0.2, 0.25) is 5.88 Å². The van der Waals surface area contributed by atoms with Gasteiger partial charge in [0.05, 0.1) is 7.11 Å². The van der Waals surface area contributed by atoms with Gasteiger partial charge in [0.1, 0.15) is 5.82 Å². The summed E-state index contributed by atoms with van der Waals surface area (Å²) in [4.78, 5) is 8.50. The summed E-state index contributed by atoms with van der Waals surface area (Å²) in [5.41, 5.74) is 0. The van der Waals surface area contributed by atoms with Gasteiger partial charge in [-0.2, -0.15) is 4.98 Å². The third-order valence-corrected chi connectivity index (χ3v) is 2.59. The molecule has 1 saturated carbocycles. The lowest BCUT2D eigenvalue weighted by Crippen LogP contribution is -2.15. The highest BCUT2D eigenvalue weighted by Gasteiger charge is 2.18. The topological polar surface area (TPSA) is 35.0 Å². The maximum Gasteiger partial charge on any atom is 0.216 e. The zero-order valence-electron chi connectivity index (χ0n) is 7.86. The lowest BCUT2D eigenvalue weighted by molar-refractivity contribution is 0.307. The molecular weight excluding hydrogens is 164 g/mol. The van der Waals surface area contributed by atoms with Gasteiger partial charge in [-0.1, -0.05) is 19.3 Å². The van der Waals surface area contributed by atoms with Gasteiger partial charge < -0.3 is 4.74 Å². The molecule has 13 heavy (non-hydrogen) atoms. The minimum atomic E-state index is 0.671. The average Bonchev–Trinajstić information content (AvgIpc) is 2.12. The number of rotatable bonds is 3. The molecule has 0 aromatic carbocycles. The van der Waals surface area contributed by atoms with Crippen LogP contribution in [-0.4, -0.2) is 17.1 Å². The molecule has 0 amide bonds. The molecule has 1 fully saturated rings. The molecule has 0 radical (unpaired) electrons. The first-order valence-electron chi connectivity index (χ1n) is 4.74. The Morgan fingerprint density at radius 1 is 1.54 bits per heavy atom. The van der Waals surface area contributed by atoms with Gasteiger partial charge >= 0.3 is 0 Å². The van der Waals surface area contributed by atoms with Gasteiger partial charge in [-0.25, -0.2) is 4.98 Å². The second-order valence-electron chi connectivity index (χ2n) is 3.52. The largest absolute Gasteiger partial charge is 0.481 e. The Labute approximate surface area is 78.2 Å². The highest BCUT2D eigenvalue weighted by atomic mass is 16.5. The Bertz CT molecular complexity index is 284. The lowest BCUT2D eigenvalue weighted by Gasteiger charge is -2.24. The molecule has 1 aromatic heterocycles. The molecule has 0 aliphatic heterocycles. The summed E-state index contributed by atoms with van der Waals surface area (Å²) in [6.07, 6.45) is 6.81. The Balaban J connectivity index is 2.01. The molecule has 0 atom stereocenters. The molecule has 0 bridgehead atoms. The molecule has 2 rings (SSSR count). The monoisotopic (exact) mass is 178 g/mol. The Hall–Kier alpha value is -1.12. The second kappa shape index (κ2) is 3.73. The minimum Gasteiger partial charge on any atom is -0.481 e. The van der Waals surface area contributed by atoms with E-state index in [2.05, 4.69) is 9.97 Å². The quantitative estimate of drug-likeness (QED) is 0.708. The molecule has 0 unspecified atom stereocenters. The van der Waals surface area contributed by atoms with Crippen LogP contribution < -0.4 is 4.74 Å². The SMILES string of the molecule is COc1ccnc(CC2CCC2)n1. The molecule has 0 spiro atoms. The van der Waals surface area contributed by atoms with E-state index in [-0.39, 0.29) is 0 Å². The van der Waals surface area contributed by atoms with Gasteiger partial charge in [0.15, 0.2) is 0 Å². The van der Waals surface area contributed by atoms with Crippen molar-refractivity contribution in [3.05, 3.63) is 18.1 Å². The lowest BCUT2D eigenvalue weighted by atomic mass is 9.83. The summed E-state index contributed by atoms with van der Waals surface area (Å²) >= 11 is 0. The van der Waals surface area contributed by atoms with E-state index < -0.39 is 0 Å². The zero-order chi connectivity index (χ0) is 9.10. The maximum atomic E-state index is 5.04. The molecule has 0 saturated heterocycles. The first-order valence-corrected chi connectivity index (χ1v) is 4.74. The second-order valence-corrected chi connectivity index (χ2v) is 3.52. The summed E-state index contributed by atoms with van der Waals surface area (Å²) < 4.78 is 5.04. The highest BCUT2D eigenvalue weighted by Crippen LogP contribution is 2.28. The summed E-state index contributed by atoms with van der Waals surface area (Å²) in [7, 11) is 1.63. The van der Waals surface area contributed by atoms with Crippen molar-refractivity contribution < 1.29 is 4.74 Å². The fraction of sp³-hybridized carbons (Fsp3) is 0.600. The fourth-order valence-electron chi connectivity index (χ4n) is 1.55. The van der Waals surface area contributed by atoms with Crippen LogP contribution in [0.25, 0.3) is 0 Å². The predicted octanol–water partition coefficient (Wildman–Crippen LogP) is 1.83. The third-order valence-electron chi connectivity index (χ3n) is 2.59. The van der Waals surface area contributed by atoms with E-state index in [1.165, 1.54) is 19.3 Å². The first-order chi connectivity index (χ1) is 6.38. The van der Waals surface area contributed by atoms with Crippen LogP contribution >= 0.6 is 0 Å². The Morgan fingerprint density at radius 2 is 2.38 bits per heavy atom. The van der Waals surface area contributed by atoms with Gasteiger partial charge in [-0.15, -0.1) is 0 Å². The smallest absolute Gasteiger partial charge is 0.216 e. The van der Waals surface area contributed by atoms with E-state index in [0.717, 1.165) is 18.2 Å². The van der Waals surface area contributed by atoms with E-state index in [0.29, 0.717) is 5.88 Å². The summed E-state index contributed by atoms with van der Waals surface area (Å²) in [6, 6.07) is 1.78. The van der Waals surface area contributed by atoms with E-state index >= 15 is 0 Å². The molecule has 1 aromatic rings. The number of aromatic nitrogens is 2. The molecule has 3 nitrogen and oxygen atoms in total. The van der Waals surface area contributed by atoms with E-state index in [4.69, 9.17) is 4.74 Å². The zero-order valence-corrected chi connectivity index (χ0v) is 7.86. The van der Waals surface area contributed by atoms with Crippen LogP contribution in [0, 0.1) is 5.92 Å². The van der Waals surface area contributed by atoms with Gasteiger partial charge in [-0.3, -0.25) is 0 Å². The first kappa shape index (κ1) is 8.48. The van der Waals surface area contributed by atoms with Crippen molar-refractivity contribution in [2.75, 3.05) is 7.11 Å². The summed E-state index contributed by atoms with van der Waals surface area (Å²) in [5, 5.41) is 0. The molecule has 1 aliphatic carbocycles. The van der Waals surface area contributed by atoms with Crippen LogP contribution in [-0.2, 0) is 6.42 Å². The van der Waals surface area contributed by atoms with Crippen LogP contribution in [0.1, 0.15) is 25.1 Å². The van der Waals surface area contributed by atoms with Crippen LogP contribution in [0.2, 0.25) is 0 Å². The van der Waals surface area contributed by atoms with Crippen molar-refractivity contribution in [1.82, 2.24) is 9.97 Å². The van der Waals surface area contributed by atoms with Crippen LogP contribution in [0.4, 0.5) is 0 Å². The number of ether oxygens (including phenoxy) is 1. The molecule has 70 valence electrons. The Morgan fingerprint density at radius 3 is 3.00 bits per heavy atom. The normalized spacial score (nSPS) is 16.7.